The number of rotatable bonds is 11. The summed E-state index contributed by atoms with van der Waals surface area (Å²) >= 11 is 1.88. The molecule has 1 saturated carbocycles. The van der Waals surface area contributed by atoms with Crippen molar-refractivity contribution in [2.75, 3.05) is 60.0 Å². The molecule has 29 heavy (non-hydrogen) atoms. The van der Waals surface area contributed by atoms with Gasteiger partial charge in [-0.15, -0.1) is 11.3 Å². The fourth-order valence-electron chi connectivity index (χ4n) is 4.35. The van der Waals surface area contributed by atoms with Crippen LogP contribution in [0.4, 0.5) is 0 Å². The van der Waals surface area contributed by atoms with Crippen LogP contribution in [0.3, 0.4) is 0 Å². The molecule has 1 saturated heterocycles. The second-order valence-electron chi connectivity index (χ2n) is 8.25. The number of guanidine groups is 1. The Hall–Kier alpha value is -1.15. The van der Waals surface area contributed by atoms with E-state index in [1.807, 2.05) is 11.3 Å². The van der Waals surface area contributed by atoms with Crippen LogP contribution in [0.1, 0.15) is 43.5 Å². The van der Waals surface area contributed by atoms with Crippen molar-refractivity contribution in [2.24, 2.45) is 10.9 Å². The molecule has 2 unspecified atom stereocenters. The molecule has 1 aromatic rings. The number of nitrogens with one attached hydrogen (secondary N) is 2. The van der Waals surface area contributed by atoms with Crippen molar-refractivity contribution in [3.8, 4) is 0 Å². The molecule has 2 heterocycles. The van der Waals surface area contributed by atoms with Crippen LogP contribution in [0.25, 0.3) is 0 Å². The number of aliphatic imine (C=N–C) groups is 1. The number of nitrogens with zero attached hydrogens (tertiary/aromatic N) is 3. The fraction of sp³-hybridized carbons (Fsp3) is 0.773. The summed E-state index contributed by atoms with van der Waals surface area (Å²) < 4.78 is 5.27. The minimum absolute atomic E-state index is 0.495. The highest BCUT2D eigenvalue weighted by atomic mass is 32.1. The quantitative estimate of drug-likeness (QED) is 0.425. The maximum Gasteiger partial charge on any atom is 0.191 e. The smallest absolute Gasteiger partial charge is 0.191 e. The number of methoxy groups -OCH3 is 1. The highest BCUT2D eigenvalue weighted by Gasteiger charge is 2.31. The lowest BCUT2D eigenvalue weighted by molar-refractivity contribution is 0.128. The Kier molecular flexibility index (Phi) is 9.24. The van der Waals surface area contributed by atoms with Gasteiger partial charge in [0, 0.05) is 56.8 Å². The predicted octanol–water partition coefficient (Wildman–Crippen LogP) is 2.80. The van der Waals surface area contributed by atoms with E-state index in [1.54, 1.807) is 7.11 Å². The van der Waals surface area contributed by atoms with E-state index in [9.17, 15) is 0 Å². The highest BCUT2D eigenvalue weighted by Crippen LogP contribution is 2.37. The molecule has 0 radical (unpaired) electrons. The fourth-order valence-corrected chi connectivity index (χ4v) is 5.34. The van der Waals surface area contributed by atoms with Crippen LogP contribution in [0.2, 0.25) is 0 Å². The standard InChI is InChI=1S/C22H39N5OS/c1-4-23-22(24-11-13-27(14-15-28-3)19-9-10-19)25-17-18-7-5-12-26(2)21(18)20-8-6-16-29-20/h6,8,16,18-19,21H,4-5,7,9-15,17H2,1-3H3,(H2,23,24,25). The molecule has 6 nitrogen and oxygen atoms in total. The number of likely N-dealkylation sites (tertiary alicyclic amines) is 1. The Morgan fingerprint density at radius 1 is 1.31 bits per heavy atom. The minimum atomic E-state index is 0.495. The van der Waals surface area contributed by atoms with Gasteiger partial charge < -0.3 is 15.4 Å². The normalized spacial score (nSPS) is 23.5. The molecule has 164 valence electrons. The van der Waals surface area contributed by atoms with E-state index < -0.39 is 0 Å². The minimum Gasteiger partial charge on any atom is -0.383 e. The van der Waals surface area contributed by atoms with E-state index in [4.69, 9.17) is 9.73 Å². The van der Waals surface area contributed by atoms with Gasteiger partial charge in [-0.25, -0.2) is 0 Å². The zero-order valence-electron chi connectivity index (χ0n) is 18.4. The Bertz CT molecular complexity index is 604. The van der Waals surface area contributed by atoms with Gasteiger partial charge in [-0.1, -0.05) is 6.07 Å². The van der Waals surface area contributed by atoms with E-state index in [-0.39, 0.29) is 0 Å². The summed E-state index contributed by atoms with van der Waals surface area (Å²) in [6.07, 6.45) is 5.18. The molecule has 7 heteroatoms. The zero-order chi connectivity index (χ0) is 20.5. The number of ether oxygens (including phenoxy) is 1. The molecule has 0 bridgehead atoms. The molecule has 0 amide bonds. The first-order valence-corrected chi connectivity index (χ1v) is 12.1. The predicted molar refractivity (Wildman–Crippen MR) is 123 cm³/mol. The molecule has 0 aromatic carbocycles. The maximum absolute atomic E-state index is 5.27. The van der Waals surface area contributed by atoms with Crippen LogP contribution >= 0.6 is 11.3 Å². The van der Waals surface area contributed by atoms with Crippen LogP contribution < -0.4 is 10.6 Å². The average Bonchev–Trinajstić information content (AvgIpc) is 3.43. The molecule has 3 rings (SSSR count). The monoisotopic (exact) mass is 421 g/mol. The van der Waals surface area contributed by atoms with Crippen LogP contribution in [0.5, 0.6) is 0 Å². The lowest BCUT2D eigenvalue weighted by atomic mass is 9.88. The topological polar surface area (TPSA) is 52.1 Å². The van der Waals surface area contributed by atoms with Crippen molar-refractivity contribution in [3.05, 3.63) is 22.4 Å². The van der Waals surface area contributed by atoms with Crippen LogP contribution in [-0.4, -0.2) is 81.8 Å². The first-order valence-electron chi connectivity index (χ1n) is 11.2. The number of thiophene rings is 1. The van der Waals surface area contributed by atoms with Gasteiger partial charge in [0.05, 0.1) is 6.61 Å². The Labute approximate surface area is 180 Å². The second-order valence-corrected chi connectivity index (χ2v) is 9.23. The van der Waals surface area contributed by atoms with Gasteiger partial charge in [0.25, 0.3) is 0 Å². The van der Waals surface area contributed by atoms with Gasteiger partial charge in [-0.05, 0) is 63.6 Å². The highest BCUT2D eigenvalue weighted by molar-refractivity contribution is 7.10. The Morgan fingerprint density at radius 3 is 2.86 bits per heavy atom. The van der Waals surface area contributed by atoms with E-state index in [1.165, 1.54) is 37.1 Å². The maximum atomic E-state index is 5.27. The summed E-state index contributed by atoms with van der Waals surface area (Å²) in [7, 11) is 4.04. The summed E-state index contributed by atoms with van der Waals surface area (Å²) in [5.74, 6) is 1.53. The Balaban J connectivity index is 1.53. The molecule has 2 N–H and O–H groups in total. The molecule has 0 spiro atoms. The van der Waals surface area contributed by atoms with Gasteiger partial charge in [-0.2, -0.15) is 0 Å². The van der Waals surface area contributed by atoms with Crippen molar-refractivity contribution in [1.29, 1.82) is 0 Å². The van der Waals surface area contributed by atoms with Crippen molar-refractivity contribution >= 4 is 17.3 Å². The van der Waals surface area contributed by atoms with Crippen LogP contribution in [0, 0.1) is 5.92 Å². The zero-order valence-corrected chi connectivity index (χ0v) is 19.2. The molecule has 1 aliphatic carbocycles. The summed E-state index contributed by atoms with van der Waals surface area (Å²) in [4.78, 5) is 11.5. The molecular formula is C22H39N5OS. The van der Waals surface area contributed by atoms with E-state index in [0.717, 1.165) is 51.3 Å². The van der Waals surface area contributed by atoms with Gasteiger partial charge in [-0.3, -0.25) is 14.8 Å². The lowest BCUT2D eigenvalue weighted by Gasteiger charge is -2.38. The lowest BCUT2D eigenvalue weighted by Crippen LogP contribution is -2.43. The summed E-state index contributed by atoms with van der Waals surface area (Å²) in [5, 5.41) is 9.18. The largest absolute Gasteiger partial charge is 0.383 e. The molecule has 2 atom stereocenters. The van der Waals surface area contributed by atoms with Gasteiger partial charge in [0.1, 0.15) is 0 Å². The first-order chi connectivity index (χ1) is 14.2. The van der Waals surface area contributed by atoms with E-state index >= 15 is 0 Å². The molecule has 2 fully saturated rings. The first kappa shape index (κ1) is 22.5. The number of hydrogen-bond acceptors (Lipinski definition) is 5. The SMILES string of the molecule is CCNC(=NCC1CCCN(C)C1c1cccs1)NCCN(CCOC)C1CC1. The average molecular weight is 422 g/mol. The number of hydrogen-bond donors (Lipinski definition) is 2. The summed E-state index contributed by atoms with van der Waals surface area (Å²) in [6.45, 7) is 8.87. The van der Waals surface area contributed by atoms with Crippen molar-refractivity contribution in [2.45, 2.75) is 44.7 Å². The third-order valence-corrected chi connectivity index (χ3v) is 6.95. The van der Waals surface area contributed by atoms with Crippen molar-refractivity contribution in [3.63, 3.8) is 0 Å². The van der Waals surface area contributed by atoms with Crippen LogP contribution in [-0.2, 0) is 4.74 Å². The molecule has 1 aromatic heterocycles. The van der Waals surface area contributed by atoms with Crippen molar-refractivity contribution < 1.29 is 4.74 Å². The Morgan fingerprint density at radius 2 is 2.17 bits per heavy atom. The van der Waals surface area contributed by atoms with E-state index in [2.05, 4.69) is 51.9 Å². The summed E-state index contributed by atoms with van der Waals surface area (Å²) in [5.41, 5.74) is 0. The van der Waals surface area contributed by atoms with Crippen molar-refractivity contribution in [1.82, 2.24) is 20.4 Å². The summed E-state index contributed by atoms with van der Waals surface area (Å²) in [6, 6.07) is 5.71. The third kappa shape index (κ3) is 6.95. The van der Waals surface area contributed by atoms with Gasteiger partial charge in [0.15, 0.2) is 5.96 Å². The second kappa shape index (κ2) is 11.9. The van der Waals surface area contributed by atoms with Gasteiger partial charge >= 0.3 is 0 Å². The number of piperidine rings is 1. The molecular weight excluding hydrogens is 382 g/mol. The third-order valence-electron chi connectivity index (χ3n) is 6.01. The van der Waals surface area contributed by atoms with E-state index in [0.29, 0.717) is 12.0 Å². The molecule has 2 aliphatic rings. The van der Waals surface area contributed by atoms with Crippen LogP contribution in [0.15, 0.2) is 22.5 Å². The van der Waals surface area contributed by atoms with Gasteiger partial charge in [0.2, 0.25) is 0 Å². The molecule has 1 aliphatic heterocycles.